The maximum Gasteiger partial charge on any atom is 0.253 e. The van der Waals surface area contributed by atoms with Crippen LogP contribution < -0.4 is 10.6 Å². The van der Waals surface area contributed by atoms with E-state index in [1.807, 2.05) is 24.3 Å². The van der Waals surface area contributed by atoms with E-state index in [2.05, 4.69) is 31.4 Å². The highest BCUT2D eigenvalue weighted by atomic mass is 127. The van der Waals surface area contributed by atoms with E-state index in [0.717, 1.165) is 31.1 Å². The number of hydrogen-bond acceptors (Lipinski definition) is 3. The first-order chi connectivity index (χ1) is 12.8. The quantitative estimate of drug-likeness (QED) is 0.371. The summed E-state index contributed by atoms with van der Waals surface area (Å²) in [6.07, 6.45) is 1.48. The van der Waals surface area contributed by atoms with E-state index < -0.39 is 0 Å². The van der Waals surface area contributed by atoms with Gasteiger partial charge in [0.15, 0.2) is 5.96 Å². The molecule has 1 amide bonds. The lowest BCUT2D eigenvalue weighted by molar-refractivity contribution is -0.106. The van der Waals surface area contributed by atoms with Gasteiger partial charge in [-0.1, -0.05) is 26.0 Å². The Kier molecular flexibility index (Phi) is 7.73. The van der Waals surface area contributed by atoms with Gasteiger partial charge in [-0.05, 0) is 31.0 Å². The monoisotopic (exact) mass is 500 g/mol. The topological polar surface area (TPSA) is 66.0 Å². The van der Waals surface area contributed by atoms with E-state index in [0.29, 0.717) is 30.2 Å². The summed E-state index contributed by atoms with van der Waals surface area (Å²) in [5.41, 5.74) is 1.89. The highest BCUT2D eigenvalue weighted by Crippen LogP contribution is 2.52. The first kappa shape index (κ1) is 22.9. The van der Waals surface area contributed by atoms with Crippen LogP contribution in [0, 0.1) is 11.3 Å². The molecule has 1 aromatic rings. The molecular formula is C21H33IN4O2. The minimum Gasteiger partial charge on any atom is -0.377 e. The minimum absolute atomic E-state index is 0. The number of guanidine groups is 1. The molecule has 2 aliphatic rings. The zero-order valence-corrected chi connectivity index (χ0v) is 19.8. The fourth-order valence-corrected chi connectivity index (χ4v) is 4.27. The Morgan fingerprint density at radius 3 is 2.57 bits per heavy atom. The van der Waals surface area contributed by atoms with Crippen molar-refractivity contribution < 1.29 is 9.53 Å². The van der Waals surface area contributed by atoms with Crippen molar-refractivity contribution in [1.82, 2.24) is 15.5 Å². The van der Waals surface area contributed by atoms with Gasteiger partial charge in [0.25, 0.3) is 5.91 Å². The van der Waals surface area contributed by atoms with Gasteiger partial charge in [-0.2, -0.15) is 0 Å². The van der Waals surface area contributed by atoms with E-state index in [-0.39, 0.29) is 35.3 Å². The van der Waals surface area contributed by atoms with Crippen molar-refractivity contribution in [1.29, 1.82) is 0 Å². The van der Waals surface area contributed by atoms with E-state index in [1.165, 1.54) is 0 Å². The van der Waals surface area contributed by atoms with Crippen molar-refractivity contribution in [2.24, 2.45) is 16.3 Å². The number of amides is 1. The van der Waals surface area contributed by atoms with Crippen LogP contribution in [-0.2, 0) is 11.3 Å². The van der Waals surface area contributed by atoms with E-state index >= 15 is 0 Å². The number of fused-ring (bicyclic) bond motifs is 1. The van der Waals surface area contributed by atoms with Gasteiger partial charge in [0.05, 0.1) is 12.6 Å². The standard InChI is InChI=1S/C21H32N4O2.HI/c1-6-22-20(24-17-16-11-12-27-18(16)21(17,2)3)23-13-14-7-9-15(10-8-14)19(26)25(4)5;/h7-10,16-18H,6,11-13H2,1-5H3,(H2,22,23,24);1H. The predicted molar refractivity (Wildman–Crippen MR) is 123 cm³/mol. The van der Waals surface area contributed by atoms with Gasteiger partial charge in [-0.15, -0.1) is 24.0 Å². The Labute approximate surface area is 185 Å². The van der Waals surface area contributed by atoms with Gasteiger partial charge in [0.2, 0.25) is 0 Å². The average molecular weight is 500 g/mol. The first-order valence-corrected chi connectivity index (χ1v) is 9.81. The summed E-state index contributed by atoms with van der Waals surface area (Å²) >= 11 is 0. The number of nitrogens with zero attached hydrogens (tertiary/aromatic N) is 2. The largest absolute Gasteiger partial charge is 0.377 e. The fraction of sp³-hybridized carbons (Fsp3) is 0.619. The Bertz CT molecular complexity index is 703. The van der Waals surface area contributed by atoms with Gasteiger partial charge >= 0.3 is 0 Å². The summed E-state index contributed by atoms with van der Waals surface area (Å²) < 4.78 is 5.88. The van der Waals surface area contributed by atoms with Crippen LogP contribution in [0.4, 0.5) is 0 Å². The van der Waals surface area contributed by atoms with Crippen molar-refractivity contribution in [3.05, 3.63) is 35.4 Å². The smallest absolute Gasteiger partial charge is 0.253 e. The van der Waals surface area contributed by atoms with Gasteiger partial charge in [0, 0.05) is 50.2 Å². The SMILES string of the molecule is CCNC(=NCc1ccc(C(=O)N(C)C)cc1)NC1C2CCOC2C1(C)C.I. The molecule has 3 rings (SSSR count). The van der Waals surface area contributed by atoms with Crippen LogP contribution in [0.15, 0.2) is 29.3 Å². The Balaban J connectivity index is 0.00000280. The van der Waals surface area contributed by atoms with Crippen molar-refractivity contribution in [3.63, 3.8) is 0 Å². The average Bonchev–Trinajstić information content (AvgIpc) is 3.11. The molecule has 1 aliphatic heterocycles. The normalized spacial score (nSPS) is 25.2. The number of carbonyl (C=O) groups is 1. The summed E-state index contributed by atoms with van der Waals surface area (Å²) in [7, 11) is 3.52. The fourth-order valence-electron chi connectivity index (χ4n) is 4.27. The summed E-state index contributed by atoms with van der Waals surface area (Å²) in [5, 5.41) is 6.98. The summed E-state index contributed by atoms with van der Waals surface area (Å²) in [6.45, 7) is 8.86. The molecule has 0 aromatic heterocycles. The maximum absolute atomic E-state index is 12.0. The highest BCUT2D eigenvalue weighted by Gasteiger charge is 2.59. The molecule has 7 heteroatoms. The highest BCUT2D eigenvalue weighted by molar-refractivity contribution is 14.0. The third-order valence-corrected chi connectivity index (χ3v) is 5.76. The van der Waals surface area contributed by atoms with Crippen molar-refractivity contribution >= 4 is 35.8 Å². The van der Waals surface area contributed by atoms with Crippen LogP contribution in [0.25, 0.3) is 0 Å². The van der Waals surface area contributed by atoms with Crippen LogP contribution in [0.2, 0.25) is 0 Å². The molecule has 0 radical (unpaired) electrons. The number of halogens is 1. The number of hydrogen-bond donors (Lipinski definition) is 2. The van der Waals surface area contributed by atoms with Crippen LogP contribution >= 0.6 is 24.0 Å². The zero-order chi connectivity index (χ0) is 19.6. The molecule has 1 saturated heterocycles. The number of benzene rings is 1. The third kappa shape index (κ3) is 4.62. The van der Waals surface area contributed by atoms with Gasteiger partial charge < -0.3 is 20.3 Å². The summed E-state index contributed by atoms with van der Waals surface area (Å²) in [4.78, 5) is 18.3. The van der Waals surface area contributed by atoms with Gasteiger partial charge in [0.1, 0.15) is 0 Å². The molecule has 1 aliphatic carbocycles. The van der Waals surface area contributed by atoms with E-state index in [1.54, 1.807) is 19.0 Å². The Morgan fingerprint density at radius 2 is 1.96 bits per heavy atom. The summed E-state index contributed by atoms with van der Waals surface area (Å²) in [6, 6.07) is 8.05. The number of nitrogens with one attached hydrogen (secondary N) is 2. The summed E-state index contributed by atoms with van der Waals surface area (Å²) in [5.74, 6) is 1.43. The van der Waals surface area contributed by atoms with Crippen molar-refractivity contribution in [2.45, 2.75) is 45.9 Å². The lowest BCUT2D eigenvalue weighted by Gasteiger charge is -2.54. The molecule has 1 aromatic carbocycles. The molecule has 1 heterocycles. The Morgan fingerprint density at radius 1 is 1.29 bits per heavy atom. The predicted octanol–water partition coefficient (Wildman–Crippen LogP) is 2.88. The Hall–Kier alpha value is -1.35. The van der Waals surface area contributed by atoms with Crippen LogP contribution in [0.1, 0.15) is 43.1 Å². The second-order valence-electron chi connectivity index (χ2n) is 8.28. The van der Waals surface area contributed by atoms with Crippen LogP contribution in [-0.4, -0.2) is 56.2 Å². The van der Waals surface area contributed by atoms with Gasteiger partial charge in [-0.25, -0.2) is 4.99 Å². The number of carbonyl (C=O) groups excluding carboxylic acids is 1. The molecule has 28 heavy (non-hydrogen) atoms. The second-order valence-corrected chi connectivity index (χ2v) is 8.28. The molecule has 6 nitrogen and oxygen atoms in total. The van der Waals surface area contributed by atoms with Crippen molar-refractivity contribution in [2.75, 3.05) is 27.2 Å². The molecule has 0 bridgehead atoms. The molecule has 156 valence electrons. The lowest BCUT2D eigenvalue weighted by atomic mass is 9.57. The zero-order valence-electron chi connectivity index (χ0n) is 17.5. The number of ether oxygens (including phenoxy) is 1. The molecule has 0 spiro atoms. The maximum atomic E-state index is 12.0. The van der Waals surface area contributed by atoms with E-state index in [9.17, 15) is 4.79 Å². The second kappa shape index (κ2) is 9.43. The number of rotatable bonds is 5. The molecule has 3 unspecified atom stereocenters. The first-order valence-electron chi connectivity index (χ1n) is 9.81. The van der Waals surface area contributed by atoms with E-state index in [4.69, 9.17) is 9.73 Å². The molecule has 3 atom stereocenters. The van der Waals surface area contributed by atoms with Crippen LogP contribution in [0.3, 0.4) is 0 Å². The van der Waals surface area contributed by atoms with Crippen LogP contribution in [0.5, 0.6) is 0 Å². The molecule has 1 saturated carbocycles. The number of aliphatic imine (C=N–C) groups is 1. The molecular weight excluding hydrogens is 467 g/mol. The minimum atomic E-state index is 0. The molecule has 2 N–H and O–H groups in total. The van der Waals surface area contributed by atoms with Gasteiger partial charge in [-0.3, -0.25) is 4.79 Å². The van der Waals surface area contributed by atoms with Crippen molar-refractivity contribution in [3.8, 4) is 0 Å². The lowest BCUT2D eigenvalue weighted by Crippen LogP contribution is -2.67. The molecule has 2 fully saturated rings. The third-order valence-electron chi connectivity index (χ3n) is 5.76.